The van der Waals surface area contributed by atoms with Crippen molar-refractivity contribution >= 4 is 17.8 Å². The summed E-state index contributed by atoms with van der Waals surface area (Å²) in [7, 11) is 0. The summed E-state index contributed by atoms with van der Waals surface area (Å²) in [5.41, 5.74) is 6.91. The van der Waals surface area contributed by atoms with Gasteiger partial charge in [-0.1, -0.05) is 23.4 Å². The van der Waals surface area contributed by atoms with Crippen LogP contribution in [0, 0.1) is 5.82 Å². The number of rotatable bonds is 2. The Balaban J connectivity index is 2.19. The summed E-state index contributed by atoms with van der Waals surface area (Å²) in [4.78, 5) is 0. The number of halogens is 1. The van der Waals surface area contributed by atoms with Gasteiger partial charge in [0.05, 0.1) is 11.9 Å². The standard InChI is InChI=1S/C11H9FN2O/c12-9-4-1-8(2-5-9)3-6-11-10(13)7-14-15-11/h1-7H,13H2/b6-3+. The number of benzene rings is 1. The molecule has 4 heteroatoms. The molecule has 0 spiro atoms. The van der Waals surface area contributed by atoms with Crippen molar-refractivity contribution in [3.63, 3.8) is 0 Å². The fourth-order valence-corrected chi connectivity index (χ4v) is 1.13. The summed E-state index contributed by atoms with van der Waals surface area (Å²) in [5.74, 6) is 0.241. The smallest absolute Gasteiger partial charge is 0.182 e. The zero-order chi connectivity index (χ0) is 10.7. The van der Waals surface area contributed by atoms with Crippen LogP contribution >= 0.6 is 0 Å². The van der Waals surface area contributed by atoms with E-state index in [2.05, 4.69) is 5.16 Å². The van der Waals surface area contributed by atoms with E-state index in [4.69, 9.17) is 10.3 Å². The first-order valence-corrected chi connectivity index (χ1v) is 4.39. The van der Waals surface area contributed by atoms with Gasteiger partial charge in [-0.25, -0.2) is 4.39 Å². The molecule has 0 aliphatic rings. The van der Waals surface area contributed by atoms with E-state index in [1.54, 1.807) is 24.3 Å². The summed E-state index contributed by atoms with van der Waals surface area (Å²) in [6.45, 7) is 0. The maximum Gasteiger partial charge on any atom is 0.182 e. The van der Waals surface area contributed by atoms with E-state index in [-0.39, 0.29) is 5.82 Å². The van der Waals surface area contributed by atoms with Crippen molar-refractivity contribution in [2.75, 3.05) is 5.73 Å². The Kier molecular flexibility index (Phi) is 2.49. The normalized spacial score (nSPS) is 11.0. The topological polar surface area (TPSA) is 52.0 Å². The molecule has 0 atom stereocenters. The first-order valence-electron chi connectivity index (χ1n) is 4.39. The van der Waals surface area contributed by atoms with Gasteiger partial charge in [-0.3, -0.25) is 0 Å². The van der Waals surface area contributed by atoms with Gasteiger partial charge >= 0.3 is 0 Å². The molecular formula is C11H9FN2O. The third-order valence-corrected chi connectivity index (χ3v) is 1.92. The van der Waals surface area contributed by atoms with Crippen LogP contribution < -0.4 is 5.73 Å². The molecule has 0 bridgehead atoms. The Morgan fingerprint density at radius 2 is 1.93 bits per heavy atom. The number of anilines is 1. The number of hydrogen-bond acceptors (Lipinski definition) is 3. The second-order valence-electron chi connectivity index (χ2n) is 3.03. The van der Waals surface area contributed by atoms with Crippen LogP contribution in [0.25, 0.3) is 12.2 Å². The van der Waals surface area contributed by atoms with Crippen LogP contribution in [0.4, 0.5) is 10.1 Å². The molecule has 0 saturated carbocycles. The van der Waals surface area contributed by atoms with Crippen LogP contribution in [0.1, 0.15) is 11.3 Å². The van der Waals surface area contributed by atoms with Crippen molar-refractivity contribution in [2.45, 2.75) is 0 Å². The molecule has 76 valence electrons. The van der Waals surface area contributed by atoms with Crippen LogP contribution in [-0.2, 0) is 0 Å². The maximum absolute atomic E-state index is 12.6. The Morgan fingerprint density at radius 3 is 2.53 bits per heavy atom. The Morgan fingerprint density at radius 1 is 1.20 bits per heavy atom. The van der Waals surface area contributed by atoms with Crippen molar-refractivity contribution in [2.24, 2.45) is 0 Å². The maximum atomic E-state index is 12.6. The minimum atomic E-state index is -0.258. The molecule has 0 radical (unpaired) electrons. The quantitative estimate of drug-likeness (QED) is 0.817. The first kappa shape index (κ1) is 9.45. The molecule has 2 N–H and O–H groups in total. The number of hydrogen-bond donors (Lipinski definition) is 1. The first-order chi connectivity index (χ1) is 7.25. The van der Waals surface area contributed by atoms with Crippen LogP contribution in [0.2, 0.25) is 0 Å². The third-order valence-electron chi connectivity index (χ3n) is 1.92. The van der Waals surface area contributed by atoms with Crippen LogP contribution in [-0.4, -0.2) is 5.16 Å². The molecule has 3 nitrogen and oxygen atoms in total. The summed E-state index contributed by atoms with van der Waals surface area (Å²) in [5, 5.41) is 3.54. The zero-order valence-electron chi connectivity index (χ0n) is 7.85. The molecule has 0 amide bonds. The third kappa shape index (κ3) is 2.22. The molecule has 1 aromatic carbocycles. The number of nitrogens with two attached hydrogens (primary N) is 1. The van der Waals surface area contributed by atoms with E-state index in [0.717, 1.165) is 5.56 Å². The highest BCUT2D eigenvalue weighted by Gasteiger charge is 1.98. The minimum Gasteiger partial charge on any atom is -0.394 e. The molecule has 2 rings (SSSR count). The minimum absolute atomic E-state index is 0.258. The number of nitrogen functional groups attached to an aromatic ring is 1. The van der Waals surface area contributed by atoms with Crippen molar-refractivity contribution in [1.82, 2.24) is 5.16 Å². The zero-order valence-corrected chi connectivity index (χ0v) is 7.85. The predicted molar refractivity (Wildman–Crippen MR) is 56.2 cm³/mol. The van der Waals surface area contributed by atoms with Gasteiger partial charge in [-0.2, -0.15) is 0 Å². The lowest BCUT2D eigenvalue weighted by Crippen LogP contribution is -1.82. The molecule has 0 aliphatic carbocycles. The number of nitrogens with zero attached hydrogens (tertiary/aromatic N) is 1. The van der Waals surface area contributed by atoms with Gasteiger partial charge in [-0.15, -0.1) is 0 Å². The molecule has 0 aliphatic heterocycles. The average molecular weight is 204 g/mol. The lowest BCUT2D eigenvalue weighted by Gasteiger charge is -1.92. The highest BCUT2D eigenvalue weighted by Crippen LogP contribution is 2.14. The SMILES string of the molecule is Nc1cnoc1/C=C/c1ccc(F)cc1. The van der Waals surface area contributed by atoms with Crippen molar-refractivity contribution in [1.29, 1.82) is 0 Å². The molecule has 1 aromatic heterocycles. The van der Waals surface area contributed by atoms with E-state index >= 15 is 0 Å². The second kappa shape index (κ2) is 3.96. The molecule has 2 aromatic rings. The van der Waals surface area contributed by atoms with Gasteiger partial charge in [-0.05, 0) is 23.8 Å². The molecular weight excluding hydrogens is 195 g/mol. The van der Waals surface area contributed by atoms with Gasteiger partial charge in [0.1, 0.15) is 5.82 Å². The summed E-state index contributed by atoms with van der Waals surface area (Å²) < 4.78 is 17.5. The van der Waals surface area contributed by atoms with E-state index in [9.17, 15) is 4.39 Å². The molecule has 0 saturated heterocycles. The van der Waals surface area contributed by atoms with Gasteiger partial charge in [0.25, 0.3) is 0 Å². The van der Waals surface area contributed by atoms with Crippen molar-refractivity contribution in [3.8, 4) is 0 Å². The van der Waals surface area contributed by atoms with E-state index < -0.39 is 0 Å². The average Bonchev–Trinajstić information content (AvgIpc) is 2.63. The highest BCUT2D eigenvalue weighted by molar-refractivity contribution is 5.72. The summed E-state index contributed by atoms with van der Waals surface area (Å²) in [6, 6.07) is 6.11. The molecule has 15 heavy (non-hydrogen) atoms. The second-order valence-corrected chi connectivity index (χ2v) is 3.03. The van der Waals surface area contributed by atoms with Crippen LogP contribution in [0.5, 0.6) is 0 Å². The monoisotopic (exact) mass is 204 g/mol. The lowest BCUT2D eigenvalue weighted by atomic mass is 10.2. The molecule has 0 unspecified atom stereocenters. The van der Waals surface area contributed by atoms with Crippen LogP contribution in [0.3, 0.4) is 0 Å². The summed E-state index contributed by atoms with van der Waals surface area (Å²) in [6.07, 6.45) is 4.90. The lowest BCUT2D eigenvalue weighted by molar-refractivity contribution is 0.413. The van der Waals surface area contributed by atoms with E-state index in [1.807, 2.05) is 0 Å². The van der Waals surface area contributed by atoms with Gasteiger partial charge in [0, 0.05) is 0 Å². The van der Waals surface area contributed by atoms with Gasteiger partial charge in [0.15, 0.2) is 5.76 Å². The van der Waals surface area contributed by atoms with Crippen molar-refractivity contribution < 1.29 is 8.91 Å². The molecule has 1 heterocycles. The Bertz CT molecular complexity index is 474. The Hall–Kier alpha value is -2.10. The van der Waals surface area contributed by atoms with E-state index in [1.165, 1.54) is 18.3 Å². The summed E-state index contributed by atoms with van der Waals surface area (Å²) >= 11 is 0. The fraction of sp³-hybridized carbons (Fsp3) is 0. The predicted octanol–water partition coefficient (Wildman–Crippen LogP) is 2.57. The van der Waals surface area contributed by atoms with Crippen LogP contribution in [0.15, 0.2) is 35.0 Å². The number of aromatic nitrogens is 1. The van der Waals surface area contributed by atoms with Crippen molar-refractivity contribution in [3.05, 3.63) is 47.6 Å². The highest BCUT2D eigenvalue weighted by atomic mass is 19.1. The van der Waals surface area contributed by atoms with Gasteiger partial charge in [0.2, 0.25) is 0 Å². The van der Waals surface area contributed by atoms with E-state index in [0.29, 0.717) is 11.4 Å². The largest absolute Gasteiger partial charge is 0.394 e. The Labute approximate surface area is 86.0 Å². The van der Waals surface area contributed by atoms with Gasteiger partial charge < -0.3 is 10.3 Å². The fourth-order valence-electron chi connectivity index (χ4n) is 1.13. The molecule has 0 fully saturated rings.